The normalized spacial score (nSPS) is 14.6. The number of rotatable bonds is 4. The van der Waals surface area contributed by atoms with Gasteiger partial charge in [-0.1, -0.05) is 0 Å². The third-order valence-corrected chi connectivity index (χ3v) is 2.67. The van der Waals surface area contributed by atoms with E-state index in [0.29, 0.717) is 17.2 Å². The number of methoxy groups -OCH3 is 1. The van der Waals surface area contributed by atoms with Crippen LogP contribution in [0.25, 0.3) is 0 Å². The molecule has 0 heterocycles. The average Bonchev–Trinajstić information content (AvgIpc) is 3.09. The summed E-state index contributed by atoms with van der Waals surface area (Å²) in [5, 5.41) is 3.09. The van der Waals surface area contributed by atoms with Crippen molar-refractivity contribution >= 4 is 11.7 Å². The zero-order chi connectivity index (χ0) is 11.5. The first kappa shape index (κ1) is 10.9. The molecule has 1 aliphatic carbocycles. The molecular formula is C12H14FNO2. The zero-order valence-corrected chi connectivity index (χ0v) is 9.13. The molecule has 2 rings (SSSR count). The lowest BCUT2D eigenvalue weighted by molar-refractivity contribution is 0.0602. The molecule has 0 spiro atoms. The topological polar surface area (TPSA) is 38.3 Å². The Bertz CT molecular complexity index is 402. The van der Waals surface area contributed by atoms with Crippen LogP contribution in [0, 0.1) is 11.7 Å². The highest BCUT2D eigenvalue weighted by Crippen LogP contribution is 2.29. The van der Waals surface area contributed by atoms with E-state index >= 15 is 0 Å². The largest absolute Gasteiger partial charge is 0.465 e. The molecule has 0 atom stereocenters. The van der Waals surface area contributed by atoms with Crippen LogP contribution in [0.15, 0.2) is 18.2 Å². The van der Waals surface area contributed by atoms with Crippen LogP contribution in [0.5, 0.6) is 0 Å². The van der Waals surface area contributed by atoms with E-state index in [2.05, 4.69) is 10.1 Å². The van der Waals surface area contributed by atoms with Crippen molar-refractivity contribution in [3.63, 3.8) is 0 Å². The molecule has 0 amide bonds. The van der Waals surface area contributed by atoms with Gasteiger partial charge in [0.2, 0.25) is 0 Å². The molecule has 1 aromatic rings. The third kappa shape index (κ3) is 2.51. The van der Waals surface area contributed by atoms with Gasteiger partial charge in [-0.25, -0.2) is 9.18 Å². The number of carbonyl (C=O) groups excluding carboxylic acids is 1. The summed E-state index contributed by atoms with van der Waals surface area (Å²) < 4.78 is 17.7. The smallest absolute Gasteiger partial charge is 0.339 e. The van der Waals surface area contributed by atoms with Gasteiger partial charge in [-0.05, 0) is 37.0 Å². The Labute approximate surface area is 93.6 Å². The Morgan fingerprint density at radius 2 is 2.31 bits per heavy atom. The Hall–Kier alpha value is -1.58. The van der Waals surface area contributed by atoms with Crippen LogP contribution in [-0.2, 0) is 4.74 Å². The van der Waals surface area contributed by atoms with Crippen molar-refractivity contribution in [2.24, 2.45) is 5.92 Å². The molecule has 1 N–H and O–H groups in total. The molecule has 16 heavy (non-hydrogen) atoms. The molecule has 0 saturated heterocycles. The number of halogens is 1. The fourth-order valence-corrected chi connectivity index (χ4v) is 1.53. The van der Waals surface area contributed by atoms with E-state index < -0.39 is 5.97 Å². The van der Waals surface area contributed by atoms with E-state index in [4.69, 9.17) is 0 Å². The second kappa shape index (κ2) is 4.51. The Morgan fingerprint density at radius 3 is 2.94 bits per heavy atom. The minimum Gasteiger partial charge on any atom is -0.465 e. The fourth-order valence-electron chi connectivity index (χ4n) is 1.53. The van der Waals surface area contributed by atoms with Crippen molar-refractivity contribution < 1.29 is 13.9 Å². The van der Waals surface area contributed by atoms with Gasteiger partial charge >= 0.3 is 5.97 Å². The summed E-state index contributed by atoms with van der Waals surface area (Å²) in [5.74, 6) is -0.141. The minimum absolute atomic E-state index is 0.356. The van der Waals surface area contributed by atoms with Crippen LogP contribution in [0.4, 0.5) is 10.1 Å². The first-order valence-corrected chi connectivity index (χ1v) is 5.32. The molecule has 1 aliphatic rings. The number of carbonyl (C=O) groups is 1. The molecule has 1 aromatic carbocycles. The molecule has 4 heteroatoms. The third-order valence-electron chi connectivity index (χ3n) is 2.67. The molecule has 86 valence electrons. The van der Waals surface area contributed by atoms with Gasteiger partial charge in [0.1, 0.15) is 5.82 Å². The van der Waals surface area contributed by atoms with E-state index in [1.165, 1.54) is 38.2 Å². The monoisotopic (exact) mass is 223 g/mol. The first-order chi connectivity index (χ1) is 7.70. The summed E-state index contributed by atoms with van der Waals surface area (Å²) in [6.07, 6.45) is 2.41. The highest BCUT2D eigenvalue weighted by Gasteiger charge is 2.22. The number of esters is 1. The molecule has 3 nitrogen and oxygen atoms in total. The van der Waals surface area contributed by atoms with Crippen molar-refractivity contribution in [2.45, 2.75) is 12.8 Å². The maximum atomic E-state index is 13.1. The SMILES string of the molecule is COC(=O)c1ccc(F)cc1NCC1CC1. The van der Waals surface area contributed by atoms with Crippen molar-refractivity contribution in [3.8, 4) is 0 Å². The van der Waals surface area contributed by atoms with E-state index in [1.807, 2.05) is 0 Å². The van der Waals surface area contributed by atoms with Gasteiger partial charge in [0.25, 0.3) is 0 Å². The predicted molar refractivity (Wildman–Crippen MR) is 59.0 cm³/mol. The highest BCUT2D eigenvalue weighted by atomic mass is 19.1. The van der Waals surface area contributed by atoms with Gasteiger partial charge in [0.15, 0.2) is 0 Å². The maximum Gasteiger partial charge on any atom is 0.339 e. The van der Waals surface area contributed by atoms with E-state index in [1.54, 1.807) is 0 Å². The van der Waals surface area contributed by atoms with Crippen molar-refractivity contribution in [3.05, 3.63) is 29.6 Å². The van der Waals surface area contributed by atoms with E-state index in [9.17, 15) is 9.18 Å². The van der Waals surface area contributed by atoms with Crippen LogP contribution in [0.3, 0.4) is 0 Å². The first-order valence-electron chi connectivity index (χ1n) is 5.32. The molecule has 0 radical (unpaired) electrons. The lowest BCUT2D eigenvalue weighted by atomic mass is 10.1. The number of benzene rings is 1. The Kier molecular flexibility index (Phi) is 3.08. The lowest BCUT2D eigenvalue weighted by Gasteiger charge is -2.10. The van der Waals surface area contributed by atoms with Crippen LogP contribution in [-0.4, -0.2) is 19.6 Å². The van der Waals surface area contributed by atoms with Crippen molar-refractivity contribution in [1.29, 1.82) is 0 Å². The molecular weight excluding hydrogens is 209 g/mol. The highest BCUT2D eigenvalue weighted by molar-refractivity contribution is 5.95. The summed E-state index contributed by atoms with van der Waals surface area (Å²) in [7, 11) is 1.32. The number of ether oxygens (including phenoxy) is 1. The van der Waals surface area contributed by atoms with E-state index in [0.717, 1.165) is 6.54 Å². The molecule has 1 fully saturated rings. The summed E-state index contributed by atoms with van der Waals surface area (Å²) in [5.41, 5.74) is 0.892. The van der Waals surface area contributed by atoms with Crippen LogP contribution in [0.2, 0.25) is 0 Å². The molecule has 0 bridgehead atoms. The predicted octanol–water partition coefficient (Wildman–Crippen LogP) is 2.43. The molecule has 0 aromatic heterocycles. The zero-order valence-electron chi connectivity index (χ0n) is 9.13. The van der Waals surface area contributed by atoms with Crippen molar-refractivity contribution in [1.82, 2.24) is 0 Å². The number of nitrogens with one attached hydrogen (secondary N) is 1. The summed E-state index contributed by atoms with van der Waals surface area (Å²) in [6.45, 7) is 0.785. The molecule has 1 saturated carbocycles. The quantitative estimate of drug-likeness (QED) is 0.797. The maximum absolute atomic E-state index is 13.1. The lowest BCUT2D eigenvalue weighted by Crippen LogP contribution is -2.10. The Morgan fingerprint density at radius 1 is 1.56 bits per heavy atom. The van der Waals surface area contributed by atoms with Gasteiger partial charge in [-0.3, -0.25) is 0 Å². The number of hydrogen-bond acceptors (Lipinski definition) is 3. The minimum atomic E-state index is -0.446. The summed E-state index contributed by atoms with van der Waals surface area (Å²) >= 11 is 0. The van der Waals surface area contributed by atoms with Gasteiger partial charge in [-0.2, -0.15) is 0 Å². The van der Waals surface area contributed by atoms with Gasteiger partial charge in [-0.15, -0.1) is 0 Å². The molecule has 0 aliphatic heterocycles. The second-order valence-corrected chi connectivity index (χ2v) is 4.01. The van der Waals surface area contributed by atoms with Gasteiger partial charge < -0.3 is 10.1 Å². The number of hydrogen-bond donors (Lipinski definition) is 1. The fraction of sp³-hybridized carbons (Fsp3) is 0.417. The molecule has 0 unspecified atom stereocenters. The summed E-state index contributed by atoms with van der Waals surface area (Å²) in [4.78, 5) is 11.4. The van der Waals surface area contributed by atoms with Gasteiger partial charge in [0, 0.05) is 6.54 Å². The van der Waals surface area contributed by atoms with E-state index in [-0.39, 0.29) is 5.82 Å². The van der Waals surface area contributed by atoms with Crippen LogP contribution < -0.4 is 5.32 Å². The van der Waals surface area contributed by atoms with Gasteiger partial charge in [0.05, 0.1) is 18.4 Å². The van der Waals surface area contributed by atoms with Crippen LogP contribution >= 0.6 is 0 Å². The standard InChI is InChI=1S/C12H14FNO2/c1-16-12(15)10-5-4-9(13)6-11(10)14-7-8-2-3-8/h4-6,8,14H,2-3,7H2,1H3. The Balaban J connectivity index is 2.16. The summed E-state index contributed by atoms with van der Waals surface area (Å²) in [6, 6.07) is 4.03. The van der Waals surface area contributed by atoms with Crippen molar-refractivity contribution in [2.75, 3.05) is 19.0 Å². The average molecular weight is 223 g/mol. The number of anilines is 1. The van der Waals surface area contributed by atoms with Crippen LogP contribution in [0.1, 0.15) is 23.2 Å². The second-order valence-electron chi connectivity index (χ2n) is 4.01.